The lowest BCUT2D eigenvalue weighted by atomic mass is 9.87. The van der Waals surface area contributed by atoms with Crippen molar-refractivity contribution in [1.29, 1.82) is 0 Å². The third-order valence-corrected chi connectivity index (χ3v) is 3.92. The minimum atomic E-state index is -0.240. The Bertz CT molecular complexity index is 622. The highest BCUT2D eigenvalue weighted by molar-refractivity contribution is 5.88. The number of unbranched alkanes of at least 4 members (excludes halogenated alkanes) is 1. The van der Waals surface area contributed by atoms with Crippen molar-refractivity contribution >= 4 is 16.7 Å². The average molecular weight is 285 g/mol. The van der Waals surface area contributed by atoms with E-state index >= 15 is 0 Å². The number of ether oxygens (including phenoxy) is 1. The molecule has 0 aromatic heterocycles. The first-order valence-electron chi connectivity index (χ1n) is 7.50. The Morgan fingerprint density at radius 2 is 2.10 bits per heavy atom. The van der Waals surface area contributed by atoms with Crippen molar-refractivity contribution in [2.24, 2.45) is 5.73 Å². The maximum absolute atomic E-state index is 11.4. The van der Waals surface area contributed by atoms with E-state index in [0.717, 1.165) is 30.4 Å². The number of primary amides is 1. The highest BCUT2D eigenvalue weighted by Crippen LogP contribution is 2.33. The molecule has 0 aliphatic heterocycles. The zero-order chi connectivity index (χ0) is 15.2. The molecule has 21 heavy (non-hydrogen) atoms. The average Bonchev–Trinajstić information content (AvgIpc) is 2.50. The minimum Gasteiger partial charge on any atom is -0.497 e. The predicted molar refractivity (Wildman–Crippen MR) is 86.6 cm³/mol. The van der Waals surface area contributed by atoms with Crippen LogP contribution in [0.4, 0.5) is 0 Å². The normalized spacial score (nSPS) is 12.3. The molecule has 1 atom stereocenters. The fraction of sp³-hybridized carbons (Fsp3) is 0.389. The van der Waals surface area contributed by atoms with Gasteiger partial charge >= 0.3 is 0 Å². The van der Waals surface area contributed by atoms with Gasteiger partial charge in [-0.3, -0.25) is 4.79 Å². The van der Waals surface area contributed by atoms with Gasteiger partial charge < -0.3 is 10.5 Å². The molecular formula is C18H23NO2. The molecule has 1 unspecified atom stereocenters. The van der Waals surface area contributed by atoms with Crippen molar-refractivity contribution in [2.75, 3.05) is 7.11 Å². The molecule has 0 bridgehead atoms. The number of carbonyl (C=O) groups excluding carboxylic acids is 1. The summed E-state index contributed by atoms with van der Waals surface area (Å²) in [6.07, 6.45) is 3.59. The number of hydrogen-bond donors (Lipinski definition) is 1. The molecule has 0 saturated carbocycles. The standard InChI is InChI=1S/C18H23NO2/c1-3-4-6-14(11-18(19)20)16-8-5-7-13-9-10-15(21-2)12-17(13)16/h5,7-10,12,14H,3-4,6,11H2,1-2H3,(H2,19,20). The monoisotopic (exact) mass is 285 g/mol. The molecule has 1 amide bonds. The third kappa shape index (κ3) is 3.75. The molecule has 112 valence electrons. The number of rotatable bonds is 7. The van der Waals surface area contributed by atoms with E-state index in [0.29, 0.717) is 6.42 Å². The first-order chi connectivity index (χ1) is 10.2. The van der Waals surface area contributed by atoms with Gasteiger partial charge in [-0.2, -0.15) is 0 Å². The number of carbonyl (C=O) groups is 1. The summed E-state index contributed by atoms with van der Waals surface area (Å²) in [7, 11) is 1.67. The van der Waals surface area contributed by atoms with Gasteiger partial charge in [-0.05, 0) is 40.8 Å². The second-order valence-electron chi connectivity index (χ2n) is 5.44. The first kappa shape index (κ1) is 15.4. The first-order valence-corrected chi connectivity index (χ1v) is 7.50. The highest BCUT2D eigenvalue weighted by Gasteiger charge is 2.16. The topological polar surface area (TPSA) is 52.3 Å². The Kier molecular flexibility index (Phi) is 5.20. The lowest BCUT2D eigenvalue weighted by Gasteiger charge is -2.18. The Morgan fingerprint density at radius 3 is 2.76 bits per heavy atom. The lowest BCUT2D eigenvalue weighted by Crippen LogP contribution is -2.15. The number of fused-ring (bicyclic) bond motifs is 1. The van der Waals surface area contributed by atoms with Gasteiger partial charge in [0.15, 0.2) is 0 Å². The zero-order valence-electron chi connectivity index (χ0n) is 12.8. The molecule has 3 nitrogen and oxygen atoms in total. The number of nitrogens with two attached hydrogens (primary N) is 1. The zero-order valence-corrected chi connectivity index (χ0v) is 12.8. The number of hydrogen-bond acceptors (Lipinski definition) is 2. The Balaban J connectivity index is 2.46. The van der Waals surface area contributed by atoms with Gasteiger partial charge in [-0.15, -0.1) is 0 Å². The van der Waals surface area contributed by atoms with E-state index in [9.17, 15) is 4.79 Å². The van der Waals surface area contributed by atoms with Crippen LogP contribution in [0.2, 0.25) is 0 Å². The minimum absolute atomic E-state index is 0.179. The molecule has 0 heterocycles. The summed E-state index contributed by atoms with van der Waals surface area (Å²) >= 11 is 0. The summed E-state index contributed by atoms with van der Waals surface area (Å²) in [4.78, 5) is 11.4. The van der Waals surface area contributed by atoms with Crippen LogP contribution in [0, 0.1) is 0 Å². The highest BCUT2D eigenvalue weighted by atomic mass is 16.5. The molecule has 2 rings (SSSR count). The predicted octanol–water partition coefficient (Wildman–Crippen LogP) is 4.00. The van der Waals surface area contributed by atoms with Crippen molar-refractivity contribution in [3.8, 4) is 5.75 Å². The van der Waals surface area contributed by atoms with E-state index in [-0.39, 0.29) is 11.8 Å². The van der Waals surface area contributed by atoms with Gasteiger partial charge in [-0.1, -0.05) is 44.0 Å². The van der Waals surface area contributed by atoms with Crippen molar-refractivity contribution in [1.82, 2.24) is 0 Å². The summed E-state index contributed by atoms with van der Waals surface area (Å²) in [6, 6.07) is 12.3. The molecule has 0 aliphatic carbocycles. The second-order valence-corrected chi connectivity index (χ2v) is 5.44. The largest absolute Gasteiger partial charge is 0.497 e. The summed E-state index contributed by atoms with van der Waals surface area (Å²) in [5.41, 5.74) is 6.63. The van der Waals surface area contributed by atoms with E-state index in [1.54, 1.807) is 7.11 Å². The van der Waals surface area contributed by atoms with E-state index in [1.807, 2.05) is 18.2 Å². The molecule has 2 aromatic rings. The molecule has 0 spiro atoms. The van der Waals surface area contributed by atoms with Crippen molar-refractivity contribution in [2.45, 2.75) is 38.5 Å². The number of benzene rings is 2. The molecule has 2 N–H and O–H groups in total. The fourth-order valence-electron chi connectivity index (χ4n) is 2.82. The van der Waals surface area contributed by atoms with Crippen molar-refractivity contribution in [3.63, 3.8) is 0 Å². The van der Waals surface area contributed by atoms with Crippen LogP contribution in [0.15, 0.2) is 36.4 Å². The number of methoxy groups -OCH3 is 1. The molecule has 0 radical (unpaired) electrons. The maximum atomic E-state index is 11.4. The second kappa shape index (κ2) is 7.11. The van der Waals surface area contributed by atoms with E-state index in [1.165, 1.54) is 10.9 Å². The van der Waals surface area contributed by atoms with Crippen LogP contribution in [-0.4, -0.2) is 13.0 Å². The fourth-order valence-corrected chi connectivity index (χ4v) is 2.82. The van der Waals surface area contributed by atoms with Crippen LogP contribution in [0.25, 0.3) is 10.8 Å². The van der Waals surface area contributed by atoms with E-state index < -0.39 is 0 Å². The quantitative estimate of drug-likeness (QED) is 0.836. The van der Waals surface area contributed by atoms with Gasteiger partial charge in [0.1, 0.15) is 5.75 Å². The van der Waals surface area contributed by atoms with Crippen LogP contribution in [0.5, 0.6) is 5.75 Å². The Hall–Kier alpha value is -2.03. The van der Waals surface area contributed by atoms with Crippen molar-refractivity contribution < 1.29 is 9.53 Å². The summed E-state index contributed by atoms with van der Waals surface area (Å²) in [5.74, 6) is 0.775. The van der Waals surface area contributed by atoms with Crippen LogP contribution >= 0.6 is 0 Å². The summed E-state index contributed by atoms with van der Waals surface area (Å²) in [5, 5.41) is 2.32. The molecule has 0 fully saturated rings. The van der Waals surface area contributed by atoms with Gasteiger partial charge in [-0.25, -0.2) is 0 Å². The third-order valence-electron chi connectivity index (χ3n) is 3.92. The summed E-state index contributed by atoms with van der Waals surface area (Å²) < 4.78 is 5.33. The van der Waals surface area contributed by atoms with Crippen LogP contribution in [-0.2, 0) is 4.79 Å². The molecule has 0 aliphatic rings. The lowest BCUT2D eigenvalue weighted by molar-refractivity contribution is -0.118. The van der Waals surface area contributed by atoms with Gasteiger partial charge in [0.2, 0.25) is 5.91 Å². The van der Waals surface area contributed by atoms with Crippen LogP contribution in [0.1, 0.15) is 44.1 Å². The molecule has 2 aromatic carbocycles. The smallest absolute Gasteiger partial charge is 0.218 e. The maximum Gasteiger partial charge on any atom is 0.218 e. The van der Waals surface area contributed by atoms with Gasteiger partial charge in [0, 0.05) is 6.42 Å². The SMILES string of the molecule is CCCCC(CC(N)=O)c1cccc2ccc(OC)cc12. The molecular weight excluding hydrogens is 262 g/mol. The van der Waals surface area contributed by atoms with Gasteiger partial charge in [0.25, 0.3) is 0 Å². The molecule has 3 heteroatoms. The Labute approximate surface area is 126 Å². The van der Waals surface area contributed by atoms with Crippen LogP contribution in [0.3, 0.4) is 0 Å². The van der Waals surface area contributed by atoms with E-state index in [4.69, 9.17) is 10.5 Å². The van der Waals surface area contributed by atoms with E-state index in [2.05, 4.69) is 25.1 Å². The van der Waals surface area contributed by atoms with Crippen molar-refractivity contribution in [3.05, 3.63) is 42.0 Å². The summed E-state index contributed by atoms with van der Waals surface area (Å²) in [6.45, 7) is 2.16. The Morgan fingerprint density at radius 1 is 1.29 bits per heavy atom. The number of amides is 1. The van der Waals surface area contributed by atoms with Crippen LogP contribution < -0.4 is 10.5 Å². The van der Waals surface area contributed by atoms with Gasteiger partial charge in [0.05, 0.1) is 7.11 Å². The molecule has 0 saturated heterocycles.